The highest BCUT2D eigenvalue weighted by molar-refractivity contribution is 6.31. The fraction of sp³-hybridized carbons (Fsp3) is 0.438. The van der Waals surface area contributed by atoms with Crippen molar-refractivity contribution >= 4 is 35.2 Å². The van der Waals surface area contributed by atoms with Crippen LogP contribution in [0.4, 0.5) is 16.4 Å². The Morgan fingerprint density at radius 1 is 1.10 bits per heavy atom. The van der Waals surface area contributed by atoms with E-state index < -0.39 is 11.0 Å². The molecule has 3 N–H and O–H groups in total. The van der Waals surface area contributed by atoms with Crippen LogP contribution in [0.1, 0.15) is 75.1 Å². The van der Waals surface area contributed by atoms with Crippen molar-refractivity contribution in [2.75, 3.05) is 18.4 Å². The second kappa shape index (κ2) is 11.7. The van der Waals surface area contributed by atoms with Crippen molar-refractivity contribution in [1.29, 1.82) is 0 Å². The van der Waals surface area contributed by atoms with E-state index in [2.05, 4.69) is 22.4 Å². The molecule has 1 saturated carbocycles. The maximum absolute atomic E-state index is 12.5. The van der Waals surface area contributed by atoms with Gasteiger partial charge >= 0.3 is 6.09 Å². The van der Waals surface area contributed by atoms with E-state index in [4.69, 9.17) is 27.1 Å². The van der Waals surface area contributed by atoms with Gasteiger partial charge in [-0.25, -0.2) is 14.8 Å². The van der Waals surface area contributed by atoms with E-state index in [0.29, 0.717) is 42.1 Å². The van der Waals surface area contributed by atoms with Crippen molar-refractivity contribution in [1.82, 2.24) is 14.9 Å². The number of nitrogens with zero attached hydrogens (tertiary/aromatic N) is 3. The first-order chi connectivity index (χ1) is 19.5. The Balaban J connectivity index is 1.27. The molecule has 2 amide bonds. The van der Waals surface area contributed by atoms with E-state index in [1.807, 2.05) is 63.2 Å². The topological polar surface area (TPSA) is 110 Å². The Morgan fingerprint density at radius 2 is 1.76 bits per heavy atom. The van der Waals surface area contributed by atoms with Crippen molar-refractivity contribution in [3.63, 3.8) is 0 Å². The third-order valence-corrected chi connectivity index (χ3v) is 8.41. The van der Waals surface area contributed by atoms with Gasteiger partial charge in [0.15, 0.2) is 0 Å². The van der Waals surface area contributed by atoms with Crippen molar-refractivity contribution in [2.24, 2.45) is 11.1 Å². The van der Waals surface area contributed by atoms with Crippen LogP contribution in [0.2, 0.25) is 5.02 Å². The minimum Gasteiger partial charge on any atom is -0.444 e. The average Bonchev–Trinajstić information content (AvgIpc) is 3.75. The second-order valence-electron chi connectivity index (χ2n) is 12.2. The largest absolute Gasteiger partial charge is 0.444 e. The zero-order valence-electron chi connectivity index (χ0n) is 23.9. The third-order valence-electron chi connectivity index (χ3n) is 8.12. The molecule has 9 heteroatoms. The monoisotopic (exact) mass is 575 g/mol. The number of hydrogen-bond acceptors (Lipinski definition) is 6. The first kappa shape index (κ1) is 28.9. The summed E-state index contributed by atoms with van der Waals surface area (Å²) in [5, 5.41) is 3.73. The van der Waals surface area contributed by atoms with Gasteiger partial charge in [0, 0.05) is 24.7 Å². The molecule has 1 saturated heterocycles. The molecule has 1 unspecified atom stereocenters. The predicted octanol–water partition coefficient (Wildman–Crippen LogP) is 6.58. The quantitative estimate of drug-likeness (QED) is 0.314. The summed E-state index contributed by atoms with van der Waals surface area (Å²) in [5.41, 5.74) is 8.57. The molecule has 0 spiro atoms. The van der Waals surface area contributed by atoms with Gasteiger partial charge in [-0.05, 0) is 82.1 Å². The lowest BCUT2D eigenvalue weighted by Crippen LogP contribution is -2.41. The number of benzene rings is 2. The maximum Gasteiger partial charge on any atom is 0.410 e. The number of amides is 2. The van der Waals surface area contributed by atoms with Gasteiger partial charge in [0.2, 0.25) is 11.9 Å². The molecule has 2 aliphatic rings. The van der Waals surface area contributed by atoms with E-state index in [-0.39, 0.29) is 17.9 Å². The van der Waals surface area contributed by atoms with Crippen molar-refractivity contribution < 1.29 is 14.3 Å². The Bertz CT molecular complexity index is 1380. The number of piperidine rings is 1. The lowest BCUT2D eigenvalue weighted by Gasteiger charge is -2.33. The van der Waals surface area contributed by atoms with Gasteiger partial charge in [0.1, 0.15) is 5.60 Å². The number of halogens is 1. The minimum atomic E-state index is -0.647. The standard InChI is InChI=1S/C32H38ClN5O3/c1-31(2,3)41-30(40)38-17-13-23(14-18-38)22-9-11-24(12-10-22)36-29-35-20-26(33)27(37-29)25(32(15-16-32)28(34)39)19-21-7-5-4-6-8-21/h4-12,20,23,25H,13-19H2,1-3H3,(H2,34,39)(H,35,36,37). The highest BCUT2D eigenvalue weighted by atomic mass is 35.5. The number of nitrogens with one attached hydrogen (secondary N) is 1. The molecular formula is C32H38ClN5O3. The van der Waals surface area contributed by atoms with Crippen LogP contribution >= 0.6 is 11.6 Å². The molecule has 8 nitrogen and oxygen atoms in total. The summed E-state index contributed by atoms with van der Waals surface area (Å²) >= 11 is 6.63. The number of carbonyl (C=O) groups is 2. The molecule has 2 fully saturated rings. The van der Waals surface area contributed by atoms with Crippen LogP contribution in [0.5, 0.6) is 0 Å². The lowest BCUT2D eigenvalue weighted by molar-refractivity contribution is -0.123. The van der Waals surface area contributed by atoms with Crippen LogP contribution in [0.15, 0.2) is 60.8 Å². The summed E-state index contributed by atoms with van der Waals surface area (Å²) in [6.07, 6.45) is 5.19. The summed E-state index contributed by atoms with van der Waals surface area (Å²) in [5.74, 6) is 0.243. The Hall–Kier alpha value is -3.65. The van der Waals surface area contributed by atoms with Crippen LogP contribution in [-0.4, -0.2) is 45.6 Å². The molecule has 41 heavy (non-hydrogen) atoms. The Labute approximate surface area is 246 Å². The number of likely N-dealkylation sites (tertiary alicyclic amines) is 1. The van der Waals surface area contributed by atoms with Crippen LogP contribution in [-0.2, 0) is 16.0 Å². The summed E-state index contributed by atoms with van der Waals surface area (Å²) in [4.78, 5) is 35.9. The summed E-state index contributed by atoms with van der Waals surface area (Å²) < 4.78 is 5.52. The molecule has 1 aromatic heterocycles. The van der Waals surface area contributed by atoms with Crippen molar-refractivity contribution in [3.05, 3.63) is 82.6 Å². The van der Waals surface area contributed by atoms with E-state index in [1.165, 1.54) is 5.56 Å². The lowest BCUT2D eigenvalue weighted by atomic mass is 9.81. The van der Waals surface area contributed by atoms with Gasteiger partial charge in [-0.15, -0.1) is 0 Å². The smallest absolute Gasteiger partial charge is 0.410 e. The first-order valence-electron chi connectivity index (χ1n) is 14.3. The number of carbonyl (C=O) groups excluding carboxylic acids is 2. The van der Waals surface area contributed by atoms with Crippen LogP contribution in [0, 0.1) is 5.41 Å². The highest BCUT2D eigenvalue weighted by Crippen LogP contribution is 2.57. The van der Waals surface area contributed by atoms with Crippen molar-refractivity contribution in [3.8, 4) is 0 Å². The summed E-state index contributed by atoms with van der Waals surface area (Å²) in [6, 6.07) is 18.3. The summed E-state index contributed by atoms with van der Waals surface area (Å²) in [6.45, 7) is 7.01. The fourth-order valence-corrected chi connectivity index (χ4v) is 5.90. The molecule has 3 aromatic rings. The van der Waals surface area contributed by atoms with Gasteiger partial charge < -0.3 is 20.7 Å². The summed E-state index contributed by atoms with van der Waals surface area (Å²) in [7, 11) is 0. The Morgan fingerprint density at radius 3 is 2.34 bits per heavy atom. The van der Waals surface area contributed by atoms with Gasteiger partial charge in [-0.3, -0.25) is 4.79 Å². The predicted molar refractivity (Wildman–Crippen MR) is 160 cm³/mol. The van der Waals surface area contributed by atoms with Crippen LogP contribution in [0.25, 0.3) is 0 Å². The van der Waals surface area contributed by atoms with E-state index in [1.54, 1.807) is 11.1 Å². The first-order valence-corrected chi connectivity index (χ1v) is 14.6. The van der Waals surface area contributed by atoms with Gasteiger partial charge in [0.05, 0.1) is 22.3 Å². The third kappa shape index (κ3) is 6.81. The number of primary amides is 1. The molecule has 2 aromatic carbocycles. The van der Waals surface area contributed by atoms with Gasteiger partial charge in [-0.1, -0.05) is 54.1 Å². The number of aromatic nitrogens is 2. The second-order valence-corrected chi connectivity index (χ2v) is 12.6. The van der Waals surface area contributed by atoms with Crippen LogP contribution in [0.3, 0.4) is 0 Å². The molecule has 216 valence electrons. The zero-order chi connectivity index (χ0) is 29.2. The molecule has 0 radical (unpaired) electrons. The van der Waals surface area contributed by atoms with Gasteiger partial charge in [-0.2, -0.15) is 0 Å². The molecule has 0 bridgehead atoms. The highest BCUT2D eigenvalue weighted by Gasteiger charge is 2.55. The molecule has 1 aliphatic heterocycles. The molecule has 2 heterocycles. The number of nitrogens with two attached hydrogens (primary N) is 1. The zero-order valence-corrected chi connectivity index (χ0v) is 24.7. The van der Waals surface area contributed by atoms with E-state index >= 15 is 0 Å². The number of anilines is 2. The van der Waals surface area contributed by atoms with Crippen LogP contribution < -0.4 is 11.1 Å². The maximum atomic E-state index is 12.5. The SMILES string of the molecule is CC(C)(C)OC(=O)N1CCC(c2ccc(Nc3ncc(Cl)c(C(Cc4ccccc4)C4(C(N)=O)CC4)n3)cc2)CC1. The Kier molecular flexibility index (Phi) is 8.23. The van der Waals surface area contributed by atoms with Crippen molar-refractivity contribution in [2.45, 2.75) is 70.3 Å². The van der Waals surface area contributed by atoms with Gasteiger partial charge in [0.25, 0.3) is 0 Å². The fourth-order valence-electron chi connectivity index (χ4n) is 5.68. The molecular weight excluding hydrogens is 538 g/mol. The average molecular weight is 576 g/mol. The number of ether oxygens (including phenoxy) is 1. The molecule has 5 rings (SSSR count). The normalized spacial score (nSPS) is 17.5. The number of hydrogen-bond donors (Lipinski definition) is 2. The van der Waals surface area contributed by atoms with E-state index in [0.717, 1.165) is 36.9 Å². The van der Waals surface area contributed by atoms with E-state index in [9.17, 15) is 9.59 Å². The molecule has 1 aliphatic carbocycles. The minimum absolute atomic E-state index is 0.243. The number of rotatable bonds is 8. The molecule has 1 atom stereocenters.